The van der Waals surface area contributed by atoms with Crippen LogP contribution in [0, 0.1) is 11.8 Å². The predicted octanol–water partition coefficient (Wildman–Crippen LogP) is -0.113. The molecule has 0 bridgehead atoms. The molecule has 36 heavy (non-hydrogen) atoms. The van der Waals surface area contributed by atoms with Crippen molar-refractivity contribution in [3.05, 3.63) is 58.9 Å². The number of ketones is 1. The number of rotatable bonds is 8. The highest BCUT2D eigenvalue weighted by Crippen LogP contribution is 2.51. The van der Waals surface area contributed by atoms with E-state index in [0.717, 1.165) is 0 Å². The third kappa shape index (κ3) is 3.64. The van der Waals surface area contributed by atoms with E-state index in [1.807, 2.05) is 6.92 Å². The molecule has 1 saturated heterocycles. The van der Waals surface area contributed by atoms with Crippen molar-refractivity contribution in [3.63, 3.8) is 0 Å². The minimum absolute atomic E-state index is 0.0812. The SMILES string of the molecule is C[C@@H](O)[C@H]1C(=O)N2C(C(=O)O)=C(c3cn4cnc(C(=O)c5ccc[n+](C[C@H](O)CN)c5)c4s3)[C@H](C)[C@H]12. The van der Waals surface area contributed by atoms with Crippen molar-refractivity contribution in [2.24, 2.45) is 17.6 Å². The summed E-state index contributed by atoms with van der Waals surface area (Å²) in [5.74, 6) is -2.89. The molecule has 0 spiro atoms. The maximum Gasteiger partial charge on any atom is 0.352 e. The standard InChI is InChI=1S/C24H25N5O6S/c1-11-16(20(24(34)35)29-19(11)17(12(2)30)22(29)33)15-9-28-10-26-18(23(28)36-15)21(32)13-4-3-5-27(7-13)8-14(31)6-25/h3-5,7,9-12,14,17,19,30-31H,6,8,25H2,1-2H3/p+1/t11-,12+,14+,17+,19+/m0/s1. The molecule has 5 rings (SSSR count). The molecule has 0 saturated carbocycles. The first-order valence-corrected chi connectivity index (χ1v) is 12.3. The molecule has 5 heterocycles. The molecule has 11 nitrogen and oxygen atoms in total. The van der Waals surface area contributed by atoms with E-state index in [1.165, 1.54) is 29.5 Å². The lowest BCUT2D eigenvalue weighted by molar-refractivity contribution is -0.703. The van der Waals surface area contributed by atoms with Crippen molar-refractivity contribution in [1.29, 1.82) is 0 Å². The van der Waals surface area contributed by atoms with Gasteiger partial charge in [0, 0.05) is 30.3 Å². The molecular formula is C24H26N5O6S+. The number of aliphatic hydroxyl groups excluding tert-OH is 2. The Balaban J connectivity index is 1.52. The van der Waals surface area contributed by atoms with Crippen LogP contribution in [0.5, 0.6) is 0 Å². The molecule has 1 fully saturated rings. The highest BCUT2D eigenvalue weighted by atomic mass is 32.1. The third-order valence-electron chi connectivity index (χ3n) is 6.88. The van der Waals surface area contributed by atoms with Crippen LogP contribution in [0.1, 0.15) is 34.8 Å². The Morgan fingerprint density at radius 2 is 2.08 bits per heavy atom. The third-order valence-corrected chi connectivity index (χ3v) is 8.02. The number of carbonyl (C=O) groups is 3. The maximum atomic E-state index is 13.3. The summed E-state index contributed by atoms with van der Waals surface area (Å²) >= 11 is 1.23. The number of aliphatic hydroxyl groups is 2. The first kappa shape index (κ1) is 24.3. The number of thiazole rings is 1. The quantitative estimate of drug-likeness (QED) is 0.185. The second-order valence-electron chi connectivity index (χ2n) is 9.23. The number of imidazole rings is 1. The van der Waals surface area contributed by atoms with Gasteiger partial charge in [-0.05, 0) is 13.0 Å². The number of carbonyl (C=O) groups excluding carboxylic acids is 2. The number of nitrogens with zero attached hydrogens (tertiary/aromatic N) is 4. The van der Waals surface area contributed by atoms with Crippen molar-refractivity contribution >= 4 is 39.4 Å². The van der Waals surface area contributed by atoms with E-state index in [2.05, 4.69) is 4.98 Å². The summed E-state index contributed by atoms with van der Waals surface area (Å²) in [6.07, 6.45) is 4.94. The van der Waals surface area contributed by atoms with Crippen molar-refractivity contribution < 1.29 is 34.3 Å². The summed E-state index contributed by atoms with van der Waals surface area (Å²) < 4.78 is 3.35. The van der Waals surface area contributed by atoms with Gasteiger partial charge in [-0.1, -0.05) is 6.92 Å². The number of β-lactam (4-membered cyclic amide) rings is 1. The van der Waals surface area contributed by atoms with Gasteiger partial charge in [-0.2, -0.15) is 0 Å². The average Bonchev–Trinajstić information content (AvgIpc) is 3.48. The fraction of sp³-hybridized carbons (Fsp3) is 0.375. The Bertz CT molecular complexity index is 1430. The Hall–Kier alpha value is -3.45. The van der Waals surface area contributed by atoms with Gasteiger partial charge in [0.2, 0.25) is 11.7 Å². The molecule has 3 aromatic heterocycles. The van der Waals surface area contributed by atoms with Crippen molar-refractivity contribution in [2.45, 2.75) is 38.6 Å². The molecule has 1 amide bonds. The maximum absolute atomic E-state index is 13.3. The van der Waals surface area contributed by atoms with Crippen LogP contribution in [0.15, 0.2) is 42.7 Å². The molecular weight excluding hydrogens is 486 g/mol. The second kappa shape index (κ2) is 8.89. The number of carboxylic acid groups (broad SMARTS) is 1. The number of hydrogen-bond donors (Lipinski definition) is 4. The number of aliphatic carboxylic acids is 1. The summed E-state index contributed by atoms with van der Waals surface area (Å²) in [5, 5.41) is 29.8. The summed E-state index contributed by atoms with van der Waals surface area (Å²) in [5.41, 5.74) is 6.50. The molecule has 3 aromatic rings. The largest absolute Gasteiger partial charge is 0.477 e. The molecule has 2 aliphatic heterocycles. The molecule has 0 radical (unpaired) electrons. The highest BCUT2D eigenvalue weighted by Gasteiger charge is 2.60. The van der Waals surface area contributed by atoms with Crippen LogP contribution in [0.25, 0.3) is 10.4 Å². The van der Waals surface area contributed by atoms with Crippen LogP contribution in [0.2, 0.25) is 0 Å². The number of pyridine rings is 1. The molecule has 188 valence electrons. The molecule has 5 N–H and O–H groups in total. The van der Waals surface area contributed by atoms with Gasteiger partial charge >= 0.3 is 5.97 Å². The van der Waals surface area contributed by atoms with Gasteiger partial charge in [0.1, 0.15) is 28.7 Å². The zero-order valence-corrected chi connectivity index (χ0v) is 20.4. The van der Waals surface area contributed by atoms with E-state index in [-0.39, 0.29) is 36.2 Å². The van der Waals surface area contributed by atoms with Crippen molar-refractivity contribution in [1.82, 2.24) is 14.3 Å². The molecule has 2 aliphatic rings. The minimum atomic E-state index is -1.21. The van der Waals surface area contributed by atoms with Gasteiger partial charge in [-0.15, -0.1) is 11.3 Å². The van der Waals surface area contributed by atoms with Crippen LogP contribution in [0.3, 0.4) is 0 Å². The normalized spacial score (nSPS) is 23.1. The fourth-order valence-corrected chi connectivity index (χ4v) is 6.41. The average molecular weight is 513 g/mol. The number of hydrogen-bond acceptors (Lipinski definition) is 8. The second-order valence-corrected chi connectivity index (χ2v) is 10.3. The lowest BCUT2D eigenvalue weighted by Gasteiger charge is -2.46. The van der Waals surface area contributed by atoms with Crippen LogP contribution in [-0.4, -0.2) is 72.1 Å². The summed E-state index contributed by atoms with van der Waals surface area (Å²) in [6.45, 7) is 3.73. The predicted molar refractivity (Wildman–Crippen MR) is 128 cm³/mol. The first-order chi connectivity index (χ1) is 17.1. The summed E-state index contributed by atoms with van der Waals surface area (Å²) in [7, 11) is 0. The summed E-state index contributed by atoms with van der Waals surface area (Å²) in [4.78, 5) is 44.9. The summed E-state index contributed by atoms with van der Waals surface area (Å²) in [6, 6.07) is 2.93. The molecule has 5 atom stereocenters. The van der Waals surface area contributed by atoms with E-state index < -0.39 is 36.0 Å². The van der Waals surface area contributed by atoms with E-state index in [0.29, 0.717) is 20.8 Å². The zero-order chi connectivity index (χ0) is 25.9. The van der Waals surface area contributed by atoms with Crippen LogP contribution >= 0.6 is 11.3 Å². The van der Waals surface area contributed by atoms with Crippen LogP contribution in [0.4, 0.5) is 0 Å². The Kier molecular flexibility index (Phi) is 5.99. The fourth-order valence-electron chi connectivity index (χ4n) is 5.20. The van der Waals surface area contributed by atoms with Gasteiger partial charge in [0.15, 0.2) is 18.9 Å². The van der Waals surface area contributed by atoms with E-state index in [4.69, 9.17) is 5.73 Å². The lowest BCUT2D eigenvalue weighted by Crippen LogP contribution is -2.63. The van der Waals surface area contributed by atoms with E-state index in [9.17, 15) is 29.7 Å². The minimum Gasteiger partial charge on any atom is -0.477 e. The van der Waals surface area contributed by atoms with Crippen LogP contribution < -0.4 is 10.3 Å². The van der Waals surface area contributed by atoms with Gasteiger partial charge < -0.3 is 26.0 Å². The van der Waals surface area contributed by atoms with Gasteiger partial charge in [-0.3, -0.25) is 14.0 Å². The number of fused-ring (bicyclic) bond motifs is 2. The highest BCUT2D eigenvalue weighted by molar-refractivity contribution is 7.18. The Labute approximate surface area is 209 Å². The number of nitrogens with two attached hydrogens (primary N) is 1. The molecule has 0 aromatic carbocycles. The Morgan fingerprint density at radius 3 is 2.75 bits per heavy atom. The lowest BCUT2D eigenvalue weighted by atomic mass is 9.77. The number of aromatic nitrogens is 3. The van der Waals surface area contributed by atoms with Crippen molar-refractivity contribution in [3.8, 4) is 0 Å². The van der Waals surface area contributed by atoms with E-state index >= 15 is 0 Å². The number of carboxylic acids is 1. The van der Waals surface area contributed by atoms with Gasteiger partial charge in [0.05, 0.1) is 28.5 Å². The van der Waals surface area contributed by atoms with Crippen molar-refractivity contribution in [2.75, 3.05) is 6.54 Å². The number of amides is 1. The molecule has 0 aliphatic carbocycles. The van der Waals surface area contributed by atoms with Crippen LogP contribution in [-0.2, 0) is 16.1 Å². The zero-order valence-electron chi connectivity index (χ0n) is 19.6. The molecule has 12 heteroatoms. The van der Waals surface area contributed by atoms with Gasteiger partial charge in [0.25, 0.3) is 0 Å². The monoisotopic (exact) mass is 512 g/mol. The first-order valence-electron chi connectivity index (χ1n) is 11.5. The molecule has 0 unspecified atom stereocenters. The smallest absolute Gasteiger partial charge is 0.352 e. The topological polar surface area (TPSA) is 162 Å². The van der Waals surface area contributed by atoms with E-state index in [1.54, 1.807) is 39.7 Å². The van der Waals surface area contributed by atoms with Gasteiger partial charge in [-0.25, -0.2) is 14.3 Å². The Morgan fingerprint density at radius 1 is 1.33 bits per heavy atom.